The highest BCUT2D eigenvalue weighted by Gasteiger charge is 2.14. The van der Waals surface area contributed by atoms with Gasteiger partial charge in [-0.15, -0.1) is 5.10 Å². The number of hydrogen-bond donors (Lipinski definition) is 1. The van der Waals surface area contributed by atoms with Gasteiger partial charge < -0.3 is 5.32 Å². The maximum Gasteiger partial charge on any atom is 0.0969 e. The molecule has 1 aliphatic rings. The third kappa shape index (κ3) is 2.04. The second kappa shape index (κ2) is 4.90. The van der Waals surface area contributed by atoms with E-state index >= 15 is 0 Å². The van der Waals surface area contributed by atoms with Crippen LogP contribution in [0.15, 0.2) is 24.4 Å². The first-order chi connectivity index (χ1) is 8.88. The monoisotopic (exact) mass is 242 g/mol. The Morgan fingerprint density at radius 3 is 3.06 bits per heavy atom. The molecule has 0 radical (unpaired) electrons. The zero-order valence-corrected chi connectivity index (χ0v) is 10.7. The van der Waals surface area contributed by atoms with Gasteiger partial charge in [-0.25, -0.2) is 4.68 Å². The van der Waals surface area contributed by atoms with Gasteiger partial charge in [0.05, 0.1) is 17.6 Å². The van der Waals surface area contributed by atoms with Gasteiger partial charge in [0.1, 0.15) is 0 Å². The summed E-state index contributed by atoms with van der Waals surface area (Å²) in [6.07, 6.45) is 6.95. The lowest BCUT2D eigenvalue weighted by Gasteiger charge is -2.18. The molecule has 18 heavy (non-hydrogen) atoms. The van der Waals surface area contributed by atoms with Crippen LogP contribution in [0.2, 0.25) is 0 Å². The number of nitrogens with zero attached hydrogens (tertiary/aromatic N) is 3. The van der Waals surface area contributed by atoms with Crippen LogP contribution in [0, 0.1) is 0 Å². The van der Waals surface area contributed by atoms with Crippen molar-refractivity contribution in [2.24, 2.45) is 0 Å². The van der Waals surface area contributed by atoms with Gasteiger partial charge in [0.2, 0.25) is 0 Å². The van der Waals surface area contributed by atoms with Crippen molar-refractivity contribution in [1.82, 2.24) is 20.3 Å². The van der Waals surface area contributed by atoms with Gasteiger partial charge in [-0.3, -0.25) is 0 Å². The van der Waals surface area contributed by atoms with Gasteiger partial charge in [-0.05, 0) is 49.9 Å². The minimum absolute atomic E-state index is 0.759. The van der Waals surface area contributed by atoms with Crippen molar-refractivity contribution < 1.29 is 0 Å². The molecule has 0 atom stereocenters. The Bertz CT molecular complexity index is 544. The number of aryl methyl sites for hydroxylation is 1. The normalized spacial score (nSPS) is 14.5. The van der Waals surface area contributed by atoms with Crippen molar-refractivity contribution in [2.45, 2.75) is 32.2 Å². The Balaban J connectivity index is 2.00. The average molecular weight is 242 g/mol. The second-order valence-electron chi connectivity index (χ2n) is 4.81. The molecule has 0 saturated carbocycles. The molecule has 1 aromatic carbocycles. The first-order valence-electron chi connectivity index (χ1n) is 6.55. The number of rotatable bonds is 3. The Hall–Kier alpha value is -1.68. The van der Waals surface area contributed by atoms with Crippen LogP contribution in [0.4, 0.5) is 0 Å². The summed E-state index contributed by atoms with van der Waals surface area (Å²) in [5.41, 5.74) is 5.10. The van der Waals surface area contributed by atoms with Crippen LogP contribution < -0.4 is 5.32 Å². The maximum absolute atomic E-state index is 4.24. The highest BCUT2D eigenvalue weighted by molar-refractivity contribution is 5.46. The molecule has 94 valence electrons. The predicted molar refractivity (Wildman–Crippen MR) is 70.8 cm³/mol. The van der Waals surface area contributed by atoms with Crippen LogP contribution in [-0.2, 0) is 19.4 Å². The smallest absolute Gasteiger partial charge is 0.0969 e. The molecule has 0 saturated heterocycles. The predicted octanol–water partition coefficient (Wildman–Crippen LogP) is 1.87. The second-order valence-corrected chi connectivity index (χ2v) is 4.81. The summed E-state index contributed by atoms with van der Waals surface area (Å²) in [7, 11) is 1.92. The summed E-state index contributed by atoms with van der Waals surface area (Å²) in [5, 5.41) is 11.5. The molecule has 0 amide bonds. The third-order valence-corrected chi connectivity index (χ3v) is 3.52. The highest BCUT2D eigenvalue weighted by Crippen LogP contribution is 2.26. The minimum atomic E-state index is 0.759. The zero-order valence-electron chi connectivity index (χ0n) is 10.7. The summed E-state index contributed by atoms with van der Waals surface area (Å²) in [5.74, 6) is 0. The van der Waals surface area contributed by atoms with E-state index in [-0.39, 0.29) is 0 Å². The van der Waals surface area contributed by atoms with Gasteiger partial charge >= 0.3 is 0 Å². The van der Waals surface area contributed by atoms with E-state index in [1.165, 1.54) is 36.1 Å². The molecule has 1 heterocycles. The third-order valence-electron chi connectivity index (χ3n) is 3.52. The lowest BCUT2D eigenvalue weighted by Crippen LogP contribution is -2.08. The van der Waals surface area contributed by atoms with Gasteiger partial charge in [0.15, 0.2) is 0 Å². The lowest BCUT2D eigenvalue weighted by molar-refractivity contribution is 0.673. The quantitative estimate of drug-likeness (QED) is 0.893. The summed E-state index contributed by atoms with van der Waals surface area (Å²) >= 11 is 0. The first kappa shape index (κ1) is 11.4. The molecule has 1 aromatic heterocycles. The maximum atomic E-state index is 4.24. The molecule has 3 rings (SSSR count). The molecule has 2 aromatic rings. The average Bonchev–Trinajstić information content (AvgIpc) is 2.87. The molecule has 0 fully saturated rings. The Kier molecular flexibility index (Phi) is 3.11. The number of benzene rings is 1. The van der Waals surface area contributed by atoms with E-state index in [4.69, 9.17) is 0 Å². The van der Waals surface area contributed by atoms with Crippen LogP contribution in [-0.4, -0.2) is 22.0 Å². The van der Waals surface area contributed by atoms with Crippen LogP contribution in [0.25, 0.3) is 5.69 Å². The summed E-state index contributed by atoms with van der Waals surface area (Å²) in [6.45, 7) is 0.759. The largest absolute Gasteiger partial charge is 0.314 e. The fourth-order valence-corrected chi connectivity index (χ4v) is 2.65. The number of fused-ring (bicyclic) bond motifs is 1. The fourth-order valence-electron chi connectivity index (χ4n) is 2.65. The Labute approximate surface area is 107 Å². The van der Waals surface area contributed by atoms with Crippen LogP contribution in [0.1, 0.15) is 29.7 Å². The fraction of sp³-hybridized carbons (Fsp3) is 0.429. The standard InChI is InChI=1S/C14H18N4/c1-15-9-12-10-18(17-16-12)14-8-4-6-11-5-2-3-7-13(11)14/h4,6,8,10,15H,2-3,5,7,9H2,1H3. The summed E-state index contributed by atoms with van der Waals surface area (Å²) in [6, 6.07) is 6.50. The van der Waals surface area contributed by atoms with E-state index in [9.17, 15) is 0 Å². The number of nitrogens with one attached hydrogen (secondary N) is 1. The van der Waals surface area contributed by atoms with Gasteiger partial charge in [-0.2, -0.15) is 0 Å². The first-order valence-corrected chi connectivity index (χ1v) is 6.55. The molecule has 1 aliphatic carbocycles. The van der Waals surface area contributed by atoms with Gasteiger partial charge in [-0.1, -0.05) is 17.3 Å². The number of hydrogen-bond acceptors (Lipinski definition) is 3. The van der Waals surface area contributed by atoms with Crippen LogP contribution in [0.3, 0.4) is 0 Å². The van der Waals surface area contributed by atoms with Crippen molar-refractivity contribution in [3.05, 3.63) is 41.2 Å². The van der Waals surface area contributed by atoms with E-state index in [2.05, 4.69) is 33.8 Å². The number of aromatic nitrogens is 3. The molecule has 1 N–H and O–H groups in total. The molecule has 4 heteroatoms. The van der Waals surface area contributed by atoms with Crippen molar-refractivity contribution in [3.8, 4) is 5.69 Å². The van der Waals surface area contributed by atoms with Crippen molar-refractivity contribution in [2.75, 3.05) is 7.05 Å². The van der Waals surface area contributed by atoms with Gasteiger partial charge in [0.25, 0.3) is 0 Å². The minimum Gasteiger partial charge on any atom is -0.314 e. The highest BCUT2D eigenvalue weighted by atomic mass is 15.4. The SMILES string of the molecule is CNCc1cn(-c2cccc3c2CCCC3)nn1. The molecule has 0 bridgehead atoms. The zero-order chi connectivity index (χ0) is 12.4. The summed E-state index contributed by atoms with van der Waals surface area (Å²) in [4.78, 5) is 0. The van der Waals surface area contributed by atoms with Crippen LogP contribution >= 0.6 is 0 Å². The van der Waals surface area contributed by atoms with E-state index in [0.717, 1.165) is 18.7 Å². The van der Waals surface area contributed by atoms with E-state index in [1.807, 2.05) is 17.9 Å². The topological polar surface area (TPSA) is 42.7 Å². The Morgan fingerprint density at radius 2 is 2.17 bits per heavy atom. The summed E-state index contributed by atoms with van der Waals surface area (Å²) < 4.78 is 1.91. The Morgan fingerprint density at radius 1 is 1.28 bits per heavy atom. The molecular formula is C14H18N4. The van der Waals surface area contributed by atoms with Crippen molar-refractivity contribution in [3.63, 3.8) is 0 Å². The van der Waals surface area contributed by atoms with Crippen molar-refractivity contribution >= 4 is 0 Å². The van der Waals surface area contributed by atoms with Gasteiger partial charge in [0, 0.05) is 6.54 Å². The molecule has 0 spiro atoms. The van der Waals surface area contributed by atoms with E-state index < -0.39 is 0 Å². The van der Waals surface area contributed by atoms with Crippen molar-refractivity contribution in [1.29, 1.82) is 0 Å². The van der Waals surface area contributed by atoms with Crippen LogP contribution in [0.5, 0.6) is 0 Å². The van der Waals surface area contributed by atoms with E-state index in [1.54, 1.807) is 0 Å². The molecule has 4 nitrogen and oxygen atoms in total. The van der Waals surface area contributed by atoms with E-state index in [0.29, 0.717) is 0 Å². The molecule has 0 aliphatic heterocycles. The lowest BCUT2D eigenvalue weighted by atomic mass is 9.90. The molecular weight excluding hydrogens is 224 g/mol. The molecule has 0 unspecified atom stereocenters.